The predicted molar refractivity (Wildman–Crippen MR) is 143 cm³/mol. The van der Waals surface area contributed by atoms with Crippen molar-refractivity contribution in [3.63, 3.8) is 0 Å². The second-order valence-electron chi connectivity index (χ2n) is 9.10. The maximum Gasteiger partial charge on any atom is 0.265 e. The van der Waals surface area contributed by atoms with Crippen molar-refractivity contribution in [1.82, 2.24) is 14.5 Å². The van der Waals surface area contributed by atoms with Crippen LogP contribution in [-0.2, 0) is 0 Å². The van der Waals surface area contributed by atoms with Crippen LogP contribution in [0.3, 0.4) is 0 Å². The highest BCUT2D eigenvalue weighted by molar-refractivity contribution is 6.04. The average molecular weight is 484 g/mol. The first-order chi connectivity index (χ1) is 17.4. The van der Waals surface area contributed by atoms with E-state index < -0.39 is 0 Å². The van der Waals surface area contributed by atoms with Gasteiger partial charge in [-0.2, -0.15) is 0 Å². The summed E-state index contributed by atoms with van der Waals surface area (Å²) in [7, 11) is 3.68. The highest BCUT2D eigenvalue weighted by atomic mass is 16.5. The Morgan fingerprint density at radius 2 is 1.81 bits per heavy atom. The van der Waals surface area contributed by atoms with Crippen molar-refractivity contribution < 1.29 is 9.53 Å². The van der Waals surface area contributed by atoms with Crippen LogP contribution >= 0.6 is 0 Å². The first kappa shape index (κ1) is 23.6. The van der Waals surface area contributed by atoms with Gasteiger partial charge in [-0.05, 0) is 68.1 Å². The molecule has 1 aliphatic rings. The van der Waals surface area contributed by atoms with Crippen LogP contribution in [0.2, 0.25) is 0 Å². The number of hydrogen-bond acceptors (Lipinski definition) is 6. The van der Waals surface area contributed by atoms with Crippen LogP contribution in [-0.4, -0.2) is 60.7 Å². The SMILES string of the molecule is COc1cccc(C(=O)Nc2ccc(C)c(-n3cnc4ccc(N5CCN(C)CC5)cc4c3=O)c2)c1. The molecule has 8 heteroatoms. The molecule has 8 nitrogen and oxygen atoms in total. The number of likely N-dealkylation sites (N-methyl/N-ethyl adjacent to an activating group) is 1. The van der Waals surface area contributed by atoms with Crippen molar-refractivity contribution in [2.24, 2.45) is 0 Å². The number of nitrogens with zero attached hydrogens (tertiary/aromatic N) is 4. The van der Waals surface area contributed by atoms with Crippen LogP contribution < -0.4 is 20.5 Å². The summed E-state index contributed by atoms with van der Waals surface area (Å²) < 4.78 is 6.77. The zero-order chi connectivity index (χ0) is 25.2. The van der Waals surface area contributed by atoms with Gasteiger partial charge in [-0.25, -0.2) is 4.98 Å². The molecule has 4 aromatic rings. The summed E-state index contributed by atoms with van der Waals surface area (Å²) in [5, 5.41) is 3.49. The molecule has 184 valence electrons. The third-order valence-electron chi connectivity index (χ3n) is 6.67. The van der Waals surface area contributed by atoms with Crippen LogP contribution in [0.25, 0.3) is 16.6 Å². The summed E-state index contributed by atoms with van der Waals surface area (Å²) in [6.45, 7) is 5.75. The van der Waals surface area contributed by atoms with E-state index in [0.717, 1.165) is 37.4 Å². The maximum atomic E-state index is 13.6. The lowest BCUT2D eigenvalue weighted by atomic mass is 10.1. The average Bonchev–Trinajstić information content (AvgIpc) is 2.90. The van der Waals surface area contributed by atoms with Crippen molar-refractivity contribution in [3.05, 3.63) is 88.5 Å². The molecule has 0 atom stereocenters. The van der Waals surface area contributed by atoms with Crippen molar-refractivity contribution in [2.45, 2.75) is 6.92 Å². The van der Waals surface area contributed by atoms with E-state index >= 15 is 0 Å². The van der Waals surface area contributed by atoms with E-state index in [2.05, 4.69) is 27.1 Å². The van der Waals surface area contributed by atoms with Gasteiger partial charge < -0.3 is 19.9 Å². The Labute approximate surface area is 209 Å². The van der Waals surface area contributed by atoms with Gasteiger partial charge >= 0.3 is 0 Å². The second-order valence-corrected chi connectivity index (χ2v) is 9.10. The molecule has 1 aromatic heterocycles. The summed E-state index contributed by atoms with van der Waals surface area (Å²) in [6.07, 6.45) is 1.55. The van der Waals surface area contributed by atoms with Crippen LogP contribution in [0.15, 0.2) is 71.8 Å². The van der Waals surface area contributed by atoms with Crippen molar-refractivity contribution in [1.29, 1.82) is 0 Å². The fourth-order valence-electron chi connectivity index (χ4n) is 4.46. The molecule has 1 saturated heterocycles. The van der Waals surface area contributed by atoms with E-state index in [1.807, 2.05) is 37.3 Å². The normalized spacial score (nSPS) is 14.1. The number of piperazine rings is 1. The first-order valence-corrected chi connectivity index (χ1v) is 11.9. The monoisotopic (exact) mass is 483 g/mol. The Morgan fingerprint density at radius 1 is 1.00 bits per heavy atom. The number of ether oxygens (including phenoxy) is 1. The number of amides is 1. The Morgan fingerprint density at radius 3 is 2.58 bits per heavy atom. The molecule has 0 spiro atoms. The van der Waals surface area contributed by atoms with E-state index in [1.54, 1.807) is 48.3 Å². The van der Waals surface area contributed by atoms with Gasteiger partial charge in [-0.1, -0.05) is 12.1 Å². The Kier molecular flexibility index (Phi) is 6.43. The van der Waals surface area contributed by atoms with Crippen LogP contribution in [0, 0.1) is 6.92 Å². The van der Waals surface area contributed by atoms with Crippen molar-refractivity contribution in [3.8, 4) is 11.4 Å². The van der Waals surface area contributed by atoms with Crippen molar-refractivity contribution in [2.75, 3.05) is 50.6 Å². The Balaban J connectivity index is 1.47. The smallest absolute Gasteiger partial charge is 0.265 e. The fourth-order valence-corrected chi connectivity index (χ4v) is 4.46. The van der Waals surface area contributed by atoms with Gasteiger partial charge in [-0.3, -0.25) is 14.2 Å². The molecule has 0 bridgehead atoms. The molecule has 1 aliphatic heterocycles. The van der Waals surface area contributed by atoms with Crippen LogP contribution in [0.1, 0.15) is 15.9 Å². The van der Waals surface area contributed by atoms with E-state index in [9.17, 15) is 9.59 Å². The third kappa shape index (κ3) is 4.67. The maximum absolute atomic E-state index is 13.6. The van der Waals surface area contributed by atoms with E-state index in [4.69, 9.17) is 4.74 Å². The minimum atomic E-state index is -0.260. The second kappa shape index (κ2) is 9.83. The summed E-state index contributed by atoms with van der Waals surface area (Å²) in [5.41, 5.74) is 4.18. The summed E-state index contributed by atoms with van der Waals surface area (Å²) in [5.74, 6) is 0.349. The number of methoxy groups -OCH3 is 1. The molecule has 5 rings (SSSR count). The zero-order valence-electron chi connectivity index (χ0n) is 20.7. The minimum Gasteiger partial charge on any atom is -0.497 e. The third-order valence-corrected chi connectivity index (χ3v) is 6.67. The van der Waals surface area contributed by atoms with Gasteiger partial charge in [0, 0.05) is 43.1 Å². The molecule has 2 heterocycles. The molecule has 0 radical (unpaired) electrons. The lowest BCUT2D eigenvalue weighted by Gasteiger charge is -2.34. The van der Waals surface area contributed by atoms with Gasteiger partial charge in [0.2, 0.25) is 0 Å². The summed E-state index contributed by atoms with van der Waals surface area (Å²) in [4.78, 5) is 35.6. The number of hydrogen-bond donors (Lipinski definition) is 1. The van der Waals surface area contributed by atoms with Gasteiger partial charge in [-0.15, -0.1) is 0 Å². The minimum absolute atomic E-state index is 0.143. The predicted octanol–water partition coefficient (Wildman–Crippen LogP) is 3.71. The molecule has 3 aromatic carbocycles. The molecule has 1 fully saturated rings. The summed E-state index contributed by atoms with van der Waals surface area (Å²) >= 11 is 0. The molecule has 36 heavy (non-hydrogen) atoms. The molecule has 1 N–H and O–H groups in total. The van der Waals surface area contributed by atoms with Gasteiger partial charge in [0.1, 0.15) is 12.1 Å². The summed E-state index contributed by atoms with van der Waals surface area (Å²) in [6, 6.07) is 18.3. The number of aromatic nitrogens is 2. The molecule has 0 saturated carbocycles. The number of rotatable bonds is 5. The zero-order valence-corrected chi connectivity index (χ0v) is 20.7. The van der Waals surface area contributed by atoms with E-state index in [-0.39, 0.29) is 11.5 Å². The van der Waals surface area contributed by atoms with E-state index in [1.165, 1.54) is 0 Å². The number of nitrogens with one attached hydrogen (secondary N) is 1. The lowest BCUT2D eigenvalue weighted by Crippen LogP contribution is -2.44. The van der Waals surface area contributed by atoms with E-state index in [0.29, 0.717) is 33.6 Å². The molecule has 1 amide bonds. The standard InChI is InChI=1S/C28H29N5O3/c1-19-7-8-21(30-27(34)20-5-4-6-23(15-20)36-3)16-26(19)33-18-29-25-10-9-22(17-24(25)28(33)35)32-13-11-31(2)12-14-32/h4-10,15-18H,11-14H2,1-3H3,(H,30,34). The fraction of sp³-hybridized carbons (Fsp3) is 0.250. The Hall–Kier alpha value is -4.17. The topological polar surface area (TPSA) is 79.7 Å². The number of benzene rings is 3. The number of carbonyl (C=O) groups excluding carboxylic acids is 1. The van der Waals surface area contributed by atoms with Crippen molar-refractivity contribution >= 4 is 28.2 Å². The highest BCUT2D eigenvalue weighted by Crippen LogP contribution is 2.23. The van der Waals surface area contributed by atoms with Crippen LogP contribution in [0.5, 0.6) is 5.75 Å². The Bertz CT molecular complexity index is 1490. The molecular formula is C28H29N5O3. The molecular weight excluding hydrogens is 454 g/mol. The van der Waals surface area contributed by atoms with Gasteiger partial charge in [0.05, 0.1) is 23.7 Å². The molecule has 0 aliphatic carbocycles. The van der Waals surface area contributed by atoms with Gasteiger partial charge in [0.15, 0.2) is 0 Å². The largest absolute Gasteiger partial charge is 0.497 e. The number of aryl methyl sites for hydroxylation is 1. The highest BCUT2D eigenvalue weighted by Gasteiger charge is 2.16. The quantitative estimate of drug-likeness (QED) is 0.466. The van der Waals surface area contributed by atoms with Gasteiger partial charge in [0.25, 0.3) is 11.5 Å². The molecule has 0 unspecified atom stereocenters. The number of anilines is 2. The number of carbonyl (C=O) groups is 1. The first-order valence-electron chi connectivity index (χ1n) is 11.9. The van der Waals surface area contributed by atoms with Crippen LogP contribution in [0.4, 0.5) is 11.4 Å². The lowest BCUT2D eigenvalue weighted by molar-refractivity contribution is 0.102. The number of fused-ring (bicyclic) bond motifs is 1.